The highest BCUT2D eigenvalue weighted by Crippen LogP contribution is 2.36. The fourth-order valence-electron chi connectivity index (χ4n) is 2.06. The second kappa shape index (κ2) is 7.98. The van der Waals surface area contributed by atoms with Gasteiger partial charge in [-0.25, -0.2) is 0 Å². The van der Waals surface area contributed by atoms with Gasteiger partial charge in [-0.2, -0.15) is 9.59 Å². The van der Waals surface area contributed by atoms with Gasteiger partial charge >= 0.3 is 13.3 Å². The molecule has 0 unspecified atom stereocenters. The molecule has 0 amide bonds. The molecule has 1 aliphatic rings. The summed E-state index contributed by atoms with van der Waals surface area (Å²) in [7, 11) is -0.363. The van der Waals surface area contributed by atoms with Gasteiger partial charge < -0.3 is 14.6 Å². The zero-order chi connectivity index (χ0) is 17.7. The van der Waals surface area contributed by atoms with Crippen molar-refractivity contribution >= 4 is 36.0 Å². The van der Waals surface area contributed by atoms with Crippen LogP contribution < -0.4 is 10.8 Å². The predicted molar refractivity (Wildman–Crippen MR) is 91.0 cm³/mol. The molecule has 0 aliphatic carbocycles. The average molecular weight is 340 g/mol. The van der Waals surface area contributed by atoms with Gasteiger partial charge in [0.05, 0.1) is 21.9 Å². The topological polar surface area (TPSA) is 64.6 Å². The van der Waals surface area contributed by atoms with E-state index in [1.54, 1.807) is 0 Å². The van der Waals surface area contributed by atoms with Gasteiger partial charge in [0.25, 0.3) is 0 Å². The summed E-state index contributed by atoms with van der Waals surface area (Å²) in [6, 6.07) is 5.91. The monoisotopic (exact) mass is 339 g/mol. The highest BCUT2D eigenvalue weighted by Gasteiger charge is 2.51. The maximum absolute atomic E-state index is 8.12. The van der Waals surface area contributed by atoms with Gasteiger partial charge in [-0.15, -0.1) is 0 Å². The maximum atomic E-state index is 8.12. The van der Waals surface area contributed by atoms with Crippen LogP contribution in [0.3, 0.4) is 0 Å². The highest BCUT2D eigenvalue weighted by molar-refractivity contribution is 6.62. The van der Waals surface area contributed by atoms with Gasteiger partial charge in [0.1, 0.15) is 0 Å². The first-order valence-corrected chi connectivity index (χ1v) is 7.94. The first kappa shape index (κ1) is 19.7. The van der Waals surface area contributed by atoms with E-state index in [0.717, 1.165) is 24.1 Å². The zero-order valence-electron chi connectivity index (χ0n) is 14.2. The van der Waals surface area contributed by atoms with E-state index in [1.807, 2.05) is 45.9 Å². The van der Waals surface area contributed by atoms with Gasteiger partial charge in [0.15, 0.2) is 0 Å². The minimum absolute atomic E-state index is 0.250. The van der Waals surface area contributed by atoms with Gasteiger partial charge in [-0.1, -0.05) is 24.6 Å². The summed E-state index contributed by atoms with van der Waals surface area (Å²) in [5, 5.41) is 4.00. The van der Waals surface area contributed by atoms with Crippen LogP contribution >= 0.6 is 11.6 Å². The molecule has 0 bridgehead atoms. The van der Waals surface area contributed by atoms with Crippen LogP contribution in [0.25, 0.3) is 0 Å². The summed E-state index contributed by atoms with van der Waals surface area (Å²) in [5.74, 6) is 0. The molecular weight excluding hydrogens is 316 g/mol. The Kier molecular flexibility index (Phi) is 6.84. The molecule has 0 saturated carbocycles. The largest absolute Gasteiger partial charge is 0.494 e. The molecular formula is C16H23BClNO4. The number of hydrogen-bond donors (Lipinski definition) is 1. The molecule has 1 aromatic carbocycles. The van der Waals surface area contributed by atoms with E-state index >= 15 is 0 Å². The van der Waals surface area contributed by atoms with Crippen molar-refractivity contribution < 1.29 is 18.9 Å². The quantitative estimate of drug-likeness (QED) is 0.855. The Balaban J connectivity index is 0.000000816. The van der Waals surface area contributed by atoms with Gasteiger partial charge in [0.2, 0.25) is 0 Å². The molecule has 0 atom stereocenters. The fourth-order valence-corrected chi connectivity index (χ4v) is 2.32. The van der Waals surface area contributed by atoms with Crippen molar-refractivity contribution in [2.45, 2.75) is 52.2 Å². The van der Waals surface area contributed by atoms with Crippen molar-refractivity contribution in [3.05, 3.63) is 23.2 Å². The van der Waals surface area contributed by atoms with Crippen molar-refractivity contribution in [1.29, 1.82) is 0 Å². The molecule has 0 aromatic heterocycles. The van der Waals surface area contributed by atoms with E-state index < -0.39 is 0 Å². The number of anilines is 1. The lowest BCUT2D eigenvalue weighted by molar-refractivity contribution is -0.191. The number of carbonyl (C=O) groups excluding carboxylic acids is 2. The summed E-state index contributed by atoms with van der Waals surface area (Å²) in [4.78, 5) is 16.2. The minimum Gasteiger partial charge on any atom is -0.399 e. The second-order valence-corrected chi connectivity index (χ2v) is 6.74. The van der Waals surface area contributed by atoms with Crippen molar-refractivity contribution in [2.75, 3.05) is 11.9 Å². The first-order chi connectivity index (χ1) is 10.7. The van der Waals surface area contributed by atoms with Crippen molar-refractivity contribution in [2.24, 2.45) is 0 Å². The molecule has 1 aliphatic heterocycles. The standard InChI is InChI=1S/C15H23BClNO2.CO2/c1-6-9-18-13-8-7-11(10-12(13)17)16-19-14(2,3)15(4,5)20-16;2-1-3/h7-8,10,18H,6,9H2,1-5H3;. The van der Waals surface area contributed by atoms with Crippen LogP contribution in [0.2, 0.25) is 5.02 Å². The van der Waals surface area contributed by atoms with Gasteiger partial charge in [-0.3, -0.25) is 0 Å². The zero-order valence-corrected chi connectivity index (χ0v) is 15.0. The lowest BCUT2D eigenvalue weighted by Crippen LogP contribution is -2.41. The van der Waals surface area contributed by atoms with Crippen molar-refractivity contribution in [3.63, 3.8) is 0 Å². The Hall–Kier alpha value is -1.33. The molecule has 126 valence electrons. The van der Waals surface area contributed by atoms with E-state index in [1.165, 1.54) is 0 Å². The van der Waals surface area contributed by atoms with Crippen LogP contribution in [0.15, 0.2) is 18.2 Å². The minimum atomic E-state index is -0.363. The Morgan fingerprint density at radius 1 is 1.17 bits per heavy atom. The Bertz CT molecular complexity index is 555. The molecule has 1 fully saturated rings. The van der Waals surface area contributed by atoms with Crippen LogP contribution in [-0.2, 0) is 18.9 Å². The Labute approximate surface area is 142 Å². The highest BCUT2D eigenvalue weighted by atomic mass is 35.5. The van der Waals surface area contributed by atoms with E-state index in [-0.39, 0.29) is 24.5 Å². The molecule has 1 saturated heterocycles. The Morgan fingerprint density at radius 3 is 2.13 bits per heavy atom. The number of halogens is 1. The fraction of sp³-hybridized carbons (Fsp3) is 0.562. The number of hydrogen-bond acceptors (Lipinski definition) is 5. The molecule has 5 nitrogen and oxygen atoms in total. The predicted octanol–water partition coefficient (Wildman–Crippen LogP) is 2.88. The van der Waals surface area contributed by atoms with Crippen LogP contribution in [0.5, 0.6) is 0 Å². The maximum Gasteiger partial charge on any atom is 0.494 e. The van der Waals surface area contributed by atoms with Crippen molar-refractivity contribution in [1.82, 2.24) is 0 Å². The third kappa shape index (κ3) is 4.82. The molecule has 0 radical (unpaired) electrons. The van der Waals surface area contributed by atoms with Crippen molar-refractivity contribution in [3.8, 4) is 0 Å². The smallest absolute Gasteiger partial charge is 0.399 e. The molecule has 1 heterocycles. The molecule has 7 heteroatoms. The Morgan fingerprint density at radius 2 is 1.70 bits per heavy atom. The first-order valence-electron chi connectivity index (χ1n) is 7.56. The summed E-state index contributed by atoms with van der Waals surface area (Å²) in [6.45, 7) is 11.2. The molecule has 1 aromatic rings. The summed E-state index contributed by atoms with van der Waals surface area (Å²) in [6.07, 6.45) is 1.31. The molecule has 2 rings (SSSR count). The molecule has 23 heavy (non-hydrogen) atoms. The van der Waals surface area contributed by atoms with E-state index in [0.29, 0.717) is 5.02 Å². The average Bonchev–Trinajstić information content (AvgIpc) is 2.67. The molecule has 0 spiro atoms. The van der Waals surface area contributed by atoms with Crippen LogP contribution in [0.1, 0.15) is 41.0 Å². The molecule has 1 N–H and O–H groups in total. The van der Waals surface area contributed by atoms with E-state index in [2.05, 4.69) is 12.2 Å². The van der Waals surface area contributed by atoms with Gasteiger partial charge in [0, 0.05) is 6.54 Å². The number of benzene rings is 1. The third-order valence-corrected chi connectivity index (χ3v) is 4.40. The number of rotatable bonds is 4. The summed E-state index contributed by atoms with van der Waals surface area (Å²) in [5.41, 5.74) is 1.25. The van der Waals surface area contributed by atoms with Crippen LogP contribution in [-0.4, -0.2) is 31.0 Å². The lowest BCUT2D eigenvalue weighted by Gasteiger charge is -2.32. The summed E-state index contributed by atoms with van der Waals surface area (Å²) < 4.78 is 12.0. The second-order valence-electron chi connectivity index (χ2n) is 6.34. The van der Waals surface area contributed by atoms with Crippen LogP contribution in [0.4, 0.5) is 5.69 Å². The number of nitrogens with one attached hydrogen (secondary N) is 1. The van der Waals surface area contributed by atoms with E-state index in [9.17, 15) is 0 Å². The lowest BCUT2D eigenvalue weighted by atomic mass is 9.79. The normalized spacial score (nSPS) is 17.9. The van der Waals surface area contributed by atoms with Gasteiger partial charge in [-0.05, 0) is 51.7 Å². The summed E-state index contributed by atoms with van der Waals surface area (Å²) >= 11 is 6.31. The van der Waals surface area contributed by atoms with Crippen LogP contribution in [0, 0.1) is 0 Å². The van der Waals surface area contributed by atoms with E-state index in [4.69, 9.17) is 30.5 Å². The third-order valence-electron chi connectivity index (χ3n) is 4.08. The SMILES string of the molecule is CCCNc1ccc(B2OC(C)(C)C(C)(C)O2)cc1Cl.O=C=O.